The number of halogens is 1. The van der Waals surface area contributed by atoms with E-state index in [-0.39, 0.29) is 11.7 Å². The van der Waals surface area contributed by atoms with Gasteiger partial charge in [0.1, 0.15) is 5.82 Å². The predicted molar refractivity (Wildman–Crippen MR) is 59.2 cm³/mol. The summed E-state index contributed by atoms with van der Waals surface area (Å²) in [4.78, 5) is 0. The van der Waals surface area contributed by atoms with Crippen molar-refractivity contribution >= 4 is 0 Å². The maximum absolute atomic E-state index is 14.0. The summed E-state index contributed by atoms with van der Waals surface area (Å²) in [6.45, 7) is 8.21. The van der Waals surface area contributed by atoms with Crippen molar-refractivity contribution in [3.8, 4) is 0 Å². The van der Waals surface area contributed by atoms with Crippen LogP contribution >= 0.6 is 0 Å². The van der Waals surface area contributed by atoms with Gasteiger partial charge in [-0.05, 0) is 29.4 Å². The molecule has 0 aliphatic heterocycles. The molecule has 0 radical (unpaired) electrons. The van der Waals surface area contributed by atoms with Crippen LogP contribution in [0.25, 0.3) is 0 Å². The van der Waals surface area contributed by atoms with Crippen LogP contribution in [0.2, 0.25) is 0 Å². The molecule has 1 heteroatoms. The lowest BCUT2D eigenvalue weighted by Crippen LogP contribution is -2.01. The fraction of sp³-hybridized carbons (Fsp3) is 0.538. The van der Waals surface area contributed by atoms with E-state index in [4.69, 9.17) is 0 Å². The van der Waals surface area contributed by atoms with Crippen LogP contribution in [0.3, 0.4) is 0 Å². The predicted octanol–water partition coefficient (Wildman–Crippen LogP) is 4.46. The molecule has 0 aliphatic carbocycles. The Morgan fingerprint density at radius 1 is 1.14 bits per heavy atom. The molecule has 0 heterocycles. The highest BCUT2D eigenvalue weighted by molar-refractivity contribution is 5.30. The van der Waals surface area contributed by atoms with Gasteiger partial charge in [0.15, 0.2) is 0 Å². The van der Waals surface area contributed by atoms with Crippen LogP contribution in [0.15, 0.2) is 18.2 Å². The van der Waals surface area contributed by atoms with Gasteiger partial charge in [0.2, 0.25) is 0 Å². The van der Waals surface area contributed by atoms with Gasteiger partial charge in [-0.3, -0.25) is 0 Å². The third kappa shape index (κ3) is 2.14. The first-order valence-corrected chi connectivity index (χ1v) is 5.36. The minimum absolute atomic E-state index is 0.00292. The zero-order valence-electron chi connectivity index (χ0n) is 9.47. The molecule has 1 rings (SSSR count). The average molecular weight is 194 g/mol. The van der Waals surface area contributed by atoms with Crippen molar-refractivity contribution in [1.29, 1.82) is 0 Å². The summed E-state index contributed by atoms with van der Waals surface area (Å²) >= 11 is 0. The summed E-state index contributed by atoms with van der Waals surface area (Å²) < 4.78 is 14.0. The molecule has 0 aromatic heterocycles. The van der Waals surface area contributed by atoms with Gasteiger partial charge in [0.25, 0.3) is 0 Å². The van der Waals surface area contributed by atoms with E-state index in [0.29, 0.717) is 5.92 Å². The number of benzene rings is 1. The molecule has 0 spiro atoms. The Balaban J connectivity index is 3.13. The van der Waals surface area contributed by atoms with Crippen LogP contribution in [0, 0.1) is 5.82 Å². The highest BCUT2D eigenvalue weighted by atomic mass is 19.1. The van der Waals surface area contributed by atoms with E-state index in [1.807, 2.05) is 32.0 Å². The second-order valence-electron chi connectivity index (χ2n) is 4.21. The van der Waals surface area contributed by atoms with Gasteiger partial charge in [-0.25, -0.2) is 4.39 Å². The molecule has 1 unspecified atom stereocenters. The second kappa shape index (κ2) is 4.59. The zero-order valence-corrected chi connectivity index (χ0v) is 9.47. The number of hydrogen-bond donors (Lipinski definition) is 0. The van der Waals surface area contributed by atoms with Crippen LogP contribution < -0.4 is 0 Å². The van der Waals surface area contributed by atoms with E-state index in [1.165, 1.54) is 0 Å². The molecule has 0 aliphatic rings. The second-order valence-corrected chi connectivity index (χ2v) is 4.21. The largest absolute Gasteiger partial charge is 0.206 e. The topological polar surface area (TPSA) is 0 Å². The Hall–Kier alpha value is -0.850. The van der Waals surface area contributed by atoms with Crippen LogP contribution in [0.4, 0.5) is 4.39 Å². The van der Waals surface area contributed by atoms with Crippen molar-refractivity contribution < 1.29 is 4.39 Å². The summed E-state index contributed by atoms with van der Waals surface area (Å²) in [5.41, 5.74) is 1.70. The first kappa shape index (κ1) is 11.2. The third-order valence-electron chi connectivity index (χ3n) is 2.82. The summed E-state index contributed by atoms with van der Waals surface area (Å²) in [5.74, 6) is 0.574. The van der Waals surface area contributed by atoms with Crippen LogP contribution in [-0.2, 0) is 0 Å². The van der Waals surface area contributed by atoms with Crippen molar-refractivity contribution in [3.05, 3.63) is 35.1 Å². The van der Waals surface area contributed by atoms with Crippen LogP contribution in [0.1, 0.15) is 57.1 Å². The van der Waals surface area contributed by atoms with Crippen molar-refractivity contribution in [2.75, 3.05) is 0 Å². The fourth-order valence-electron chi connectivity index (χ4n) is 1.61. The van der Waals surface area contributed by atoms with Gasteiger partial charge in [-0.2, -0.15) is 0 Å². The molecule has 0 saturated heterocycles. The fourth-order valence-corrected chi connectivity index (χ4v) is 1.61. The van der Waals surface area contributed by atoms with E-state index in [9.17, 15) is 4.39 Å². The van der Waals surface area contributed by atoms with E-state index in [0.717, 1.165) is 17.5 Å². The lowest BCUT2D eigenvalue weighted by Gasteiger charge is -2.14. The molecule has 0 N–H and O–H groups in total. The molecule has 0 bridgehead atoms. The van der Waals surface area contributed by atoms with Crippen LogP contribution in [0.5, 0.6) is 0 Å². The Morgan fingerprint density at radius 3 is 2.21 bits per heavy atom. The molecule has 1 aromatic rings. The molecule has 0 saturated carbocycles. The summed E-state index contributed by atoms with van der Waals surface area (Å²) in [5, 5.41) is 0. The van der Waals surface area contributed by atoms with Crippen molar-refractivity contribution in [2.24, 2.45) is 0 Å². The van der Waals surface area contributed by atoms with Gasteiger partial charge in [0, 0.05) is 0 Å². The monoisotopic (exact) mass is 194 g/mol. The molecule has 1 atom stereocenters. The van der Waals surface area contributed by atoms with E-state index >= 15 is 0 Å². The Labute approximate surface area is 86.2 Å². The highest BCUT2D eigenvalue weighted by Crippen LogP contribution is 2.27. The van der Waals surface area contributed by atoms with Gasteiger partial charge >= 0.3 is 0 Å². The number of hydrogen-bond acceptors (Lipinski definition) is 0. The Bertz CT molecular complexity index is 302. The molecule has 14 heavy (non-hydrogen) atoms. The lowest BCUT2D eigenvalue weighted by atomic mass is 9.92. The molecular formula is C13H19F. The normalized spacial score (nSPS) is 13.3. The third-order valence-corrected chi connectivity index (χ3v) is 2.82. The first-order chi connectivity index (χ1) is 6.57. The molecular weight excluding hydrogens is 175 g/mol. The standard InChI is InChI=1S/C13H19F/c1-5-10(4)12-8-6-7-11(9(2)3)13(12)14/h6-10H,5H2,1-4H3. The minimum atomic E-state index is -0.00292. The highest BCUT2D eigenvalue weighted by Gasteiger charge is 2.13. The molecule has 78 valence electrons. The lowest BCUT2D eigenvalue weighted by molar-refractivity contribution is 0.561. The summed E-state index contributed by atoms with van der Waals surface area (Å²) in [6, 6.07) is 5.74. The van der Waals surface area contributed by atoms with E-state index in [2.05, 4.69) is 13.8 Å². The first-order valence-electron chi connectivity index (χ1n) is 5.36. The molecule has 0 amide bonds. The minimum Gasteiger partial charge on any atom is -0.206 e. The average Bonchev–Trinajstić information content (AvgIpc) is 2.16. The molecule has 0 fully saturated rings. The van der Waals surface area contributed by atoms with Gasteiger partial charge in [0.05, 0.1) is 0 Å². The van der Waals surface area contributed by atoms with E-state index in [1.54, 1.807) is 0 Å². The molecule has 0 nitrogen and oxygen atoms in total. The van der Waals surface area contributed by atoms with Gasteiger partial charge in [-0.15, -0.1) is 0 Å². The van der Waals surface area contributed by atoms with Gasteiger partial charge in [-0.1, -0.05) is 45.9 Å². The number of rotatable bonds is 3. The SMILES string of the molecule is CCC(C)c1cccc(C(C)C)c1F. The van der Waals surface area contributed by atoms with Crippen molar-refractivity contribution in [2.45, 2.75) is 46.0 Å². The van der Waals surface area contributed by atoms with E-state index < -0.39 is 0 Å². The maximum Gasteiger partial charge on any atom is 0.130 e. The summed E-state index contributed by atoms with van der Waals surface area (Å²) in [7, 11) is 0. The van der Waals surface area contributed by atoms with Crippen molar-refractivity contribution in [1.82, 2.24) is 0 Å². The van der Waals surface area contributed by atoms with Gasteiger partial charge < -0.3 is 0 Å². The smallest absolute Gasteiger partial charge is 0.130 e. The zero-order chi connectivity index (χ0) is 10.7. The van der Waals surface area contributed by atoms with Crippen molar-refractivity contribution in [3.63, 3.8) is 0 Å². The quantitative estimate of drug-likeness (QED) is 0.666. The Morgan fingerprint density at radius 2 is 1.71 bits per heavy atom. The maximum atomic E-state index is 14.0. The summed E-state index contributed by atoms with van der Waals surface area (Å²) in [6.07, 6.45) is 0.985. The molecule has 1 aromatic carbocycles. The van der Waals surface area contributed by atoms with Crippen LogP contribution in [-0.4, -0.2) is 0 Å². The Kier molecular flexibility index (Phi) is 3.68.